The SMILES string of the molecule is CCOc1c(N)cccc1C(=O)NC(C)CC. The molecular formula is C13H20N2O2. The summed E-state index contributed by atoms with van der Waals surface area (Å²) in [5, 5.41) is 2.90. The summed E-state index contributed by atoms with van der Waals surface area (Å²) >= 11 is 0. The first-order valence-corrected chi connectivity index (χ1v) is 5.92. The van der Waals surface area contributed by atoms with E-state index in [9.17, 15) is 4.79 Å². The lowest BCUT2D eigenvalue weighted by molar-refractivity contribution is 0.0935. The fraction of sp³-hybridized carbons (Fsp3) is 0.462. The number of nitrogen functional groups attached to an aromatic ring is 1. The molecule has 1 rings (SSSR count). The minimum atomic E-state index is -0.143. The molecule has 1 aromatic carbocycles. The van der Waals surface area contributed by atoms with E-state index in [0.717, 1.165) is 6.42 Å². The quantitative estimate of drug-likeness (QED) is 0.770. The Kier molecular flexibility index (Phi) is 4.82. The van der Waals surface area contributed by atoms with Gasteiger partial charge in [0.1, 0.15) is 0 Å². The molecule has 0 aliphatic carbocycles. The van der Waals surface area contributed by atoms with Crippen LogP contribution in [0.25, 0.3) is 0 Å². The van der Waals surface area contributed by atoms with E-state index >= 15 is 0 Å². The van der Waals surface area contributed by atoms with Gasteiger partial charge < -0.3 is 15.8 Å². The molecule has 0 aliphatic rings. The Labute approximate surface area is 102 Å². The molecular weight excluding hydrogens is 216 g/mol. The Bertz CT molecular complexity index is 391. The smallest absolute Gasteiger partial charge is 0.255 e. The second-order valence-corrected chi connectivity index (χ2v) is 3.94. The normalized spacial score (nSPS) is 11.9. The predicted octanol–water partition coefficient (Wildman–Crippen LogP) is 2.20. The molecule has 0 aromatic heterocycles. The lowest BCUT2D eigenvalue weighted by Crippen LogP contribution is -2.32. The van der Waals surface area contributed by atoms with Crippen molar-refractivity contribution >= 4 is 11.6 Å². The number of carbonyl (C=O) groups excluding carboxylic acids is 1. The van der Waals surface area contributed by atoms with Crippen molar-refractivity contribution in [1.29, 1.82) is 0 Å². The van der Waals surface area contributed by atoms with Crippen molar-refractivity contribution in [2.24, 2.45) is 0 Å². The van der Waals surface area contributed by atoms with E-state index in [0.29, 0.717) is 23.6 Å². The molecule has 1 unspecified atom stereocenters. The maximum atomic E-state index is 12.0. The van der Waals surface area contributed by atoms with Crippen LogP contribution in [0.15, 0.2) is 18.2 Å². The molecule has 1 amide bonds. The second kappa shape index (κ2) is 6.13. The molecule has 0 saturated carbocycles. The first-order valence-electron chi connectivity index (χ1n) is 5.92. The minimum Gasteiger partial charge on any atom is -0.491 e. The number of amides is 1. The summed E-state index contributed by atoms with van der Waals surface area (Å²) in [6.45, 7) is 6.33. The molecule has 3 N–H and O–H groups in total. The van der Waals surface area contributed by atoms with E-state index in [2.05, 4.69) is 5.32 Å². The van der Waals surface area contributed by atoms with Gasteiger partial charge in [-0.3, -0.25) is 4.79 Å². The molecule has 4 heteroatoms. The fourth-order valence-electron chi connectivity index (χ4n) is 1.44. The molecule has 0 fully saturated rings. The first kappa shape index (κ1) is 13.4. The predicted molar refractivity (Wildman–Crippen MR) is 69.2 cm³/mol. The Morgan fingerprint density at radius 2 is 2.18 bits per heavy atom. The van der Waals surface area contributed by atoms with Crippen molar-refractivity contribution in [3.05, 3.63) is 23.8 Å². The van der Waals surface area contributed by atoms with Gasteiger partial charge in [0.05, 0.1) is 17.9 Å². The van der Waals surface area contributed by atoms with Crippen LogP contribution < -0.4 is 15.8 Å². The lowest BCUT2D eigenvalue weighted by atomic mass is 10.1. The van der Waals surface area contributed by atoms with E-state index in [4.69, 9.17) is 10.5 Å². The number of anilines is 1. The molecule has 0 saturated heterocycles. The van der Waals surface area contributed by atoms with Gasteiger partial charge in [-0.25, -0.2) is 0 Å². The van der Waals surface area contributed by atoms with Gasteiger partial charge in [-0.05, 0) is 32.4 Å². The summed E-state index contributed by atoms with van der Waals surface area (Å²) in [4.78, 5) is 12.0. The molecule has 0 spiro atoms. The average Bonchev–Trinajstić information content (AvgIpc) is 2.31. The van der Waals surface area contributed by atoms with Crippen molar-refractivity contribution in [1.82, 2.24) is 5.32 Å². The van der Waals surface area contributed by atoms with Gasteiger partial charge in [0, 0.05) is 6.04 Å². The molecule has 17 heavy (non-hydrogen) atoms. The number of nitrogens with one attached hydrogen (secondary N) is 1. The average molecular weight is 236 g/mol. The van der Waals surface area contributed by atoms with Crippen LogP contribution in [0.3, 0.4) is 0 Å². The van der Waals surface area contributed by atoms with Crippen molar-refractivity contribution in [3.63, 3.8) is 0 Å². The Morgan fingerprint density at radius 1 is 1.47 bits per heavy atom. The van der Waals surface area contributed by atoms with Crippen LogP contribution in [0.1, 0.15) is 37.6 Å². The third-order valence-corrected chi connectivity index (χ3v) is 2.57. The standard InChI is InChI=1S/C13H20N2O2/c1-4-9(3)15-13(16)10-7-6-8-11(14)12(10)17-5-2/h6-9H,4-5,14H2,1-3H3,(H,15,16). The van der Waals surface area contributed by atoms with E-state index in [1.807, 2.05) is 20.8 Å². The second-order valence-electron chi connectivity index (χ2n) is 3.94. The summed E-state index contributed by atoms with van der Waals surface area (Å²) < 4.78 is 5.42. The van der Waals surface area contributed by atoms with Gasteiger partial charge in [-0.15, -0.1) is 0 Å². The van der Waals surface area contributed by atoms with Gasteiger partial charge >= 0.3 is 0 Å². The summed E-state index contributed by atoms with van der Waals surface area (Å²) in [5.41, 5.74) is 6.79. The lowest BCUT2D eigenvalue weighted by Gasteiger charge is -2.15. The Hall–Kier alpha value is -1.71. The van der Waals surface area contributed by atoms with Gasteiger partial charge in [-0.1, -0.05) is 13.0 Å². The third-order valence-electron chi connectivity index (χ3n) is 2.57. The van der Waals surface area contributed by atoms with E-state index in [1.165, 1.54) is 0 Å². The number of para-hydroxylation sites is 1. The number of carbonyl (C=O) groups is 1. The van der Waals surface area contributed by atoms with E-state index < -0.39 is 0 Å². The minimum absolute atomic E-state index is 0.137. The highest BCUT2D eigenvalue weighted by Crippen LogP contribution is 2.26. The number of benzene rings is 1. The topological polar surface area (TPSA) is 64.3 Å². The Morgan fingerprint density at radius 3 is 2.76 bits per heavy atom. The summed E-state index contributed by atoms with van der Waals surface area (Å²) in [5.74, 6) is 0.325. The summed E-state index contributed by atoms with van der Waals surface area (Å²) in [7, 11) is 0. The zero-order valence-electron chi connectivity index (χ0n) is 10.6. The maximum Gasteiger partial charge on any atom is 0.255 e. The van der Waals surface area contributed by atoms with Gasteiger partial charge in [0.2, 0.25) is 0 Å². The van der Waals surface area contributed by atoms with Gasteiger partial charge in [0.25, 0.3) is 5.91 Å². The highest BCUT2D eigenvalue weighted by atomic mass is 16.5. The van der Waals surface area contributed by atoms with Crippen molar-refractivity contribution in [2.75, 3.05) is 12.3 Å². The largest absolute Gasteiger partial charge is 0.491 e. The fourth-order valence-corrected chi connectivity index (χ4v) is 1.44. The van der Waals surface area contributed by atoms with Crippen LogP contribution in [-0.4, -0.2) is 18.6 Å². The van der Waals surface area contributed by atoms with Crippen LogP contribution in [0.2, 0.25) is 0 Å². The molecule has 1 aromatic rings. The third kappa shape index (κ3) is 3.37. The monoisotopic (exact) mass is 236 g/mol. The number of hydrogen-bond acceptors (Lipinski definition) is 3. The molecule has 0 heterocycles. The Balaban J connectivity index is 2.96. The van der Waals surface area contributed by atoms with Crippen LogP contribution >= 0.6 is 0 Å². The van der Waals surface area contributed by atoms with E-state index in [1.54, 1.807) is 18.2 Å². The molecule has 0 bridgehead atoms. The zero-order chi connectivity index (χ0) is 12.8. The van der Waals surface area contributed by atoms with Crippen LogP contribution in [0.4, 0.5) is 5.69 Å². The highest BCUT2D eigenvalue weighted by Gasteiger charge is 2.15. The molecule has 4 nitrogen and oxygen atoms in total. The van der Waals surface area contributed by atoms with Crippen molar-refractivity contribution in [3.8, 4) is 5.75 Å². The first-order chi connectivity index (χ1) is 8.10. The highest BCUT2D eigenvalue weighted by molar-refractivity contribution is 5.98. The van der Waals surface area contributed by atoms with E-state index in [-0.39, 0.29) is 11.9 Å². The molecule has 1 atom stereocenters. The number of rotatable bonds is 5. The molecule has 0 radical (unpaired) electrons. The summed E-state index contributed by atoms with van der Waals surface area (Å²) in [6, 6.07) is 5.34. The number of hydrogen-bond donors (Lipinski definition) is 2. The van der Waals surface area contributed by atoms with Crippen molar-refractivity contribution < 1.29 is 9.53 Å². The zero-order valence-corrected chi connectivity index (χ0v) is 10.6. The molecule has 0 aliphatic heterocycles. The van der Waals surface area contributed by atoms with Gasteiger partial charge in [-0.2, -0.15) is 0 Å². The van der Waals surface area contributed by atoms with Crippen LogP contribution in [-0.2, 0) is 0 Å². The molecule has 94 valence electrons. The van der Waals surface area contributed by atoms with Crippen LogP contribution in [0, 0.1) is 0 Å². The van der Waals surface area contributed by atoms with Crippen molar-refractivity contribution in [2.45, 2.75) is 33.2 Å². The number of ether oxygens (including phenoxy) is 1. The van der Waals surface area contributed by atoms with Crippen LogP contribution in [0.5, 0.6) is 5.75 Å². The number of nitrogens with two attached hydrogens (primary N) is 1. The maximum absolute atomic E-state index is 12.0. The van der Waals surface area contributed by atoms with Gasteiger partial charge in [0.15, 0.2) is 5.75 Å². The summed E-state index contributed by atoms with van der Waals surface area (Å²) in [6.07, 6.45) is 0.887.